The Morgan fingerprint density at radius 2 is 2.21 bits per heavy atom. The minimum Gasteiger partial charge on any atom is -0.409 e. The van der Waals surface area contributed by atoms with Crippen molar-refractivity contribution in [2.45, 2.75) is 25.9 Å². The van der Waals surface area contributed by atoms with Crippen LogP contribution in [0.1, 0.15) is 25.5 Å². The Hall–Kier alpha value is -1.82. The average Bonchev–Trinajstić information content (AvgIpc) is 2.46. The van der Waals surface area contributed by atoms with Crippen LogP contribution in [0.5, 0.6) is 0 Å². The Labute approximate surface area is 112 Å². The molecule has 2 rings (SSSR count). The fourth-order valence-corrected chi connectivity index (χ4v) is 2.52. The number of amidine groups is 1. The molecule has 2 heterocycles. The van der Waals surface area contributed by atoms with Gasteiger partial charge in [0.05, 0.1) is 11.8 Å². The minimum atomic E-state index is -0.264. The maximum atomic E-state index is 9.61. The van der Waals surface area contributed by atoms with Crippen molar-refractivity contribution in [1.82, 2.24) is 4.98 Å². The van der Waals surface area contributed by atoms with Crippen molar-refractivity contribution in [2.75, 3.05) is 18.0 Å². The summed E-state index contributed by atoms with van der Waals surface area (Å²) in [6, 6.07) is 3.76. The standard InChI is InChI=1S/C13H20N4O2/c1-9(18)10-4-7-17(8-5-10)11-3-2-6-15-12(11)13(14)16-19/h2-3,6,9-10,18-19H,4-5,7-8H2,1H3,(H2,14,16). The Morgan fingerprint density at radius 1 is 1.53 bits per heavy atom. The number of aromatic nitrogens is 1. The fourth-order valence-electron chi connectivity index (χ4n) is 2.52. The van der Waals surface area contributed by atoms with Gasteiger partial charge in [-0.3, -0.25) is 4.98 Å². The van der Waals surface area contributed by atoms with E-state index in [2.05, 4.69) is 15.0 Å². The molecule has 1 saturated heterocycles. The number of nitrogens with two attached hydrogens (primary N) is 1. The van der Waals surface area contributed by atoms with Gasteiger partial charge in [-0.15, -0.1) is 0 Å². The topological polar surface area (TPSA) is 95.0 Å². The van der Waals surface area contributed by atoms with Gasteiger partial charge in [0.1, 0.15) is 5.69 Å². The summed E-state index contributed by atoms with van der Waals surface area (Å²) in [6.07, 6.45) is 3.23. The predicted molar refractivity (Wildman–Crippen MR) is 73.4 cm³/mol. The molecule has 19 heavy (non-hydrogen) atoms. The van der Waals surface area contributed by atoms with Crippen LogP contribution in [0.15, 0.2) is 23.5 Å². The molecular formula is C13H20N4O2. The number of aliphatic hydroxyl groups excluding tert-OH is 1. The van der Waals surface area contributed by atoms with E-state index < -0.39 is 0 Å². The number of oxime groups is 1. The molecule has 0 saturated carbocycles. The van der Waals surface area contributed by atoms with Crippen molar-refractivity contribution >= 4 is 11.5 Å². The van der Waals surface area contributed by atoms with Crippen LogP contribution >= 0.6 is 0 Å². The summed E-state index contributed by atoms with van der Waals surface area (Å²) >= 11 is 0. The number of piperidine rings is 1. The molecule has 1 atom stereocenters. The van der Waals surface area contributed by atoms with Gasteiger partial charge in [-0.25, -0.2) is 0 Å². The van der Waals surface area contributed by atoms with E-state index in [0.717, 1.165) is 31.6 Å². The lowest BCUT2D eigenvalue weighted by Gasteiger charge is -2.35. The first-order chi connectivity index (χ1) is 9.13. The summed E-state index contributed by atoms with van der Waals surface area (Å²) in [5.74, 6) is 0.369. The minimum absolute atomic E-state index is 0.0215. The Morgan fingerprint density at radius 3 is 2.79 bits per heavy atom. The maximum absolute atomic E-state index is 9.61. The monoisotopic (exact) mass is 264 g/mol. The van der Waals surface area contributed by atoms with Crippen LogP contribution in [-0.4, -0.2) is 40.3 Å². The second-order valence-corrected chi connectivity index (χ2v) is 4.92. The highest BCUT2D eigenvalue weighted by Crippen LogP contribution is 2.26. The van der Waals surface area contributed by atoms with E-state index in [1.165, 1.54) is 0 Å². The molecule has 1 aliphatic heterocycles. The molecule has 1 aliphatic rings. The zero-order valence-corrected chi connectivity index (χ0v) is 11.0. The average molecular weight is 264 g/mol. The smallest absolute Gasteiger partial charge is 0.190 e. The molecule has 1 unspecified atom stereocenters. The SMILES string of the molecule is CC(O)C1CCN(c2cccnc2/C(N)=N/O)CC1. The first kappa shape index (κ1) is 13.6. The maximum Gasteiger partial charge on any atom is 0.190 e. The van der Waals surface area contributed by atoms with Gasteiger partial charge in [0.15, 0.2) is 5.84 Å². The van der Waals surface area contributed by atoms with Gasteiger partial charge in [0.25, 0.3) is 0 Å². The predicted octanol–water partition coefficient (Wildman–Crippen LogP) is 0.773. The first-order valence-corrected chi connectivity index (χ1v) is 6.49. The van der Waals surface area contributed by atoms with Gasteiger partial charge in [-0.2, -0.15) is 0 Å². The quantitative estimate of drug-likeness (QED) is 0.324. The highest BCUT2D eigenvalue weighted by molar-refractivity contribution is 6.00. The molecule has 104 valence electrons. The zero-order valence-electron chi connectivity index (χ0n) is 11.0. The Bertz CT molecular complexity index is 454. The third kappa shape index (κ3) is 2.96. The van der Waals surface area contributed by atoms with Crippen molar-refractivity contribution in [2.24, 2.45) is 16.8 Å². The van der Waals surface area contributed by atoms with Gasteiger partial charge in [-0.05, 0) is 37.8 Å². The van der Waals surface area contributed by atoms with Crippen molar-refractivity contribution < 1.29 is 10.3 Å². The van der Waals surface area contributed by atoms with Crippen LogP contribution in [0, 0.1) is 5.92 Å². The number of pyridine rings is 1. The summed E-state index contributed by atoms with van der Waals surface area (Å²) in [5.41, 5.74) is 7.03. The lowest BCUT2D eigenvalue weighted by molar-refractivity contribution is 0.110. The highest BCUT2D eigenvalue weighted by atomic mass is 16.4. The lowest BCUT2D eigenvalue weighted by atomic mass is 9.92. The normalized spacial score (nSPS) is 19.5. The molecule has 0 aliphatic carbocycles. The molecule has 1 aromatic rings. The van der Waals surface area contributed by atoms with Crippen LogP contribution in [0.4, 0.5) is 5.69 Å². The van der Waals surface area contributed by atoms with Crippen LogP contribution in [0.3, 0.4) is 0 Å². The van der Waals surface area contributed by atoms with E-state index in [-0.39, 0.29) is 11.9 Å². The van der Waals surface area contributed by atoms with E-state index in [1.54, 1.807) is 6.20 Å². The molecule has 0 amide bonds. The third-order valence-electron chi connectivity index (χ3n) is 3.70. The van der Waals surface area contributed by atoms with Crippen molar-refractivity contribution in [3.05, 3.63) is 24.0 Å². The summed E-state index contributed by atoms with van der Waals surface area (Å²) in [7, 11) is 0. The number of anilines is 1. The van der Waals surface area contributed by atoms with Gasteiger partial charge < -0.3 is 20.9 Å². The van der Waals surface area contributed by atoms with E-state index >= 15 is 0 Å². The van der Waals surface area contributed by atoms with Crippen LogP contribution in [0.25, 0.3) is 0 Å². The second kappa shape index (κ2) is 5.88. The largest absolute Gasteiger partial charge is 0.409 e. The van der Waals surface area contributed by atoms with E-state index in [4.69, 9.17) is 10.9 Å². The molecule has 1 aromatic heterocycles. The number of aliphatic hydroxyl groups is 1. The van der Waals surface area contributed by atoms with Crippen molar-refractivity contribution in [3.8, 4) is 0 Å². The molecule has 4 N–H and O–H groups in total. The highest BCUT2D eigenvalue weighted by Gasteiger charge is 2.24. The van der Waals surface area contributed by atoms with Crippen molar-refractivity contribution in [1.29, 1.82) is 0 Å². The molecule has 0 spiro atoms. The summed E-state index contributed by atoms with van der Waals surface area (Å²) in [6.45, 7) is 3.52. The fraction of sp³-hybridized carbons (Fsp3) is 0.538. The molecule has 0 bridgehead atoms. The van der Waals surface area contributed by atoms with Crippen LogP contribution in [0.2, 0.25) is 0 Å². The first-order valence-electron chi connectivity index (χ1n) is 6.49. The van der Waals surface area contributed by atoms with Gasteiger partial charge in [-0.1, -0.05) is 5.16 Å². The summed E-state index contributed by atoms with van der Waals surface area (Å²) in [5, 5.41) is 21.4. The van der Waals surface area contributed by atoms with Gasteiger partial charge in [0.2, 0.25) is 0 Å². The van der Waals surface area contributed by atoms with Gasteiger partial charge >= 0.3 is 0 Å². The molecule has 6 heteroatoms. The molecule has 0 aromatic carbocycles. The molecule has 0 radical (unpaired) electrons. The van der Waals surface area contributed by atoms with Crippen LogP contribution in [-0.2, 0) is 0 Å². The van der Waals surface area contributed by atoms with Crippen LogP contribution < -0.4 is 10.6 Å². The van der Waals surface area contributed by atoms with E-state index in [1.807, 2.05) is 19.1 Å². The summed E-state index contributed by atoms with van der Waals surface area (Å²) < 4.78 is 0. The second-order valence-electron chi connectivity index (χ2n) is 4.92. The zero-order chi connectivity index (χ0) is 13.8. The lowest BCUT2D eigenvalue weighted by Crippen LogP contribution is -2.38. The van der Waals surface area contributed by atoms with E-state index in [0.29, 0.717) is 11.6 Å². The van der Waals surface area contributed by atoms with E-state index in [9.17, 15) is 5.11 Å². The van der Waals surface area contributed by atoms with Crippen molar-refractivity contribution in [3.63, 3.8) is 0 Å². The molecule has 1 fully saturated rings. The van der Waals surface area contributed by atoms with Gasteiger partial charge in [0, 0.05) is 19.3 Å². The number of hydrogen-bond donors (Lipinski definition) is 3. The number of nitrogens with zero attached hydrogens (tertiary/aromatic N) is 3. The summed E-state index contributed by atoms with van der Waals surface area (Å²) in [4.78, 5) is 6.34. The molecular weight excluding hydrogens is 244 g/mol. The Kier molecular flexibility index (Phi) is 4.21. The third-order valence-corrected chi connectivity index (χ3v) is 3.70. The Balaban J connectivity index is 2.16. The molecule has 6 nitrogen and oxygen atoms in total. The number of hydrogen-bond acceptors (Lipinski definition) is 5. The number of rotatable bonds is 3.